The highest BCUT2D eigenvalue weighted by atomic mass is 16.5. The van der Waals surface area contributed by atoms with Crippen molar-refractivity contribution in [2.75, 3.05) is 13.2 Å². The number of ether oxygens (including phenoxy) is 1. The second kappa shape index (κ2) is 8.12. The largest absolute Gasteiger partial charge is 0.378 e. The highest BCUT2D eigenvalue weighted by Crippen LogP contribution is 2.26. The summed E-state index contributed by atoms with van der Waals surface area (Å²) < 4.78 is 5.94. The lowest BCUT2D eigenvalue weighted by molar-refractivity contribution is -0.00654. The molecule has 1 saturated carbocycles. The van der Waals surface area contributed by atoms with E-state index in [1.807, 2.05) is 0 Å². The average molecular weight is 213 g/mol. The lowest BCUT2D eigenvalue weighted by Gasteiger charge is -2.28. The van der Waals surface area contributed by atoms with E-state index in [-0.39, 0.29) is 0 Å². The fourth-order valence-corrected chi connectivity index (χ4v) is 2.36. The standard InChI is InChI=1S/C13H27NO/c1-12-8-4-5-9-13(12)15-11-7-3-2-6-10-14/h12-13H,2-11,14H2,1H3. The number of unbranched alkanes of at least 4 members (excludes halogenated alkanes) is 3. The lowest BCUT2D eigenvalue weighted by atomic mass is 9.88. The number of rotatable bonds is 7. The van der Waals surface area contributed by atoms with Gasteiger partial charge in [-0.1, -0.05) is 32.6 Å². The molecule has 1 aliphatic carbocycles. The van der Waals surface area contributed by atoms with Crippen LogP contribution in [0.2, 0.25) is 0 Å². The van der Waals surface area contributed by atoms with E-state index in [2.05, 4.69) is 6.92 Å². The summed E-state index contributed by atoms with van der Waals surface area (Å²) >= 11 is 0. The van der Waals surface area contributed by atoms with Crippen molar-refractivity contribution in [2.24, 2.45) is 11.7 Å². The molecule has 2 atom stereocenters. The van der Waals surface area contributed by atoms with Gasteiger partial charge in [0, 0.05) is 6.61 Å². The molecule has 2 unspecified atom stereocenters. The van der Waals surface area contributed by atoms with E-state index in [1.165, 1.54) is 51.4 Å². The van der Waals surface area contributed by atoms with Gasteiger partial charge in [-0.05, 0) is 38.1 Å². The quantitative estimate of drug-likeness (QED) is 0.660. The van der Waals surface area contributed by atoms with Crippen molar-refractivity contribution in [1.82, 2.24) is 0 Å². The third-order valence-electron chi connectivity index (χ3n) is 3.46. The Morgan fingerprint density at radius 1 is 1.07 bits per heavy atom. The molecule has 90 valence electrons. The van der Waals surface area contributed by atoms with Crippen LogP contribution in [0.15, 0.2) is 0 Å². The van der Waals surface area contributed by atoms with Crippen molar-refractivity contribution in [2.45, 2.75) is 64.4 Å². The van der Waals surface area contributed by atoms with E-state index in [1.54, 1.807) is 0 Å². The zero-order valence-electron chi connectivity index (χ0n) is 10.2. The molecule has 2 nitrogen and oxygen atoms in total. The summed E-state index contributed by atoms with van der Waals surface area (Å²) in [5, 5.41) is 0. The Balaban J connectivity index is 1.94. The molecular formula is C13H27NO. The molecular weight excluding hydrogens is 186 g/mol. The molecule has 2 heteroatoms. The monoisotopic (exact) mass is 213 g/mol. The van der Waals surface area contributed by atoms with Crippen molar-refractivity contribution >= 4 is 0 Å². The predicted molar refractivity (Wildman–Crippen MR) is 64.9 cm³/mol. The van der Waals surface area contributed by atoms with Crippen molar-refractivity contribution in [3.8, 4) is 0 Å². The molecule has 2 N–H and O–H groups in total. The van der Waals surface area contributed by atoms with Gasteiger partial charge >= 0.3 is 0 Å². The van der Waals surface area contributed by atoms with E-state index in [0.29, 0.717) is 6.10 Å². The zero-order chi connectivity index (χ0) is 10.9. The summed E-state index contributed by atoms with van der Waals surface area (Å²) in [5.74, 6) is 0.780. The first-order valence-electron chi connectivity index (χ1n) is 6.66. The van der Waals surface area contributed by atoms with Gasteiger partial charge in [0.05, 0.1) is 6.10 Å². The predicted octanol–water partition coefficient (Wildman–Crippen LogP) is 3.10. The molecule has 0 aromatic rings. The Hall–Kier alpha value is -0.0800. The minimum Gasteiger partial charge on any atom is -0.378 e. The molecule has 0 aromatic carbocycles. The van der Waals surface area contributed by atoms with Crippen LogP contribution in [0.1, 0.15) is 58.3 Å². The molecule has 0 aliphatic heterocycles. The van der Waals surface area contributed by atoms with Crippen LogP contribution >= 0.6 is 0 Å². The van der Waals surface area contributed by atoms with Crippen molar-refractivity contribution in [3.63, 3.8) is 0 Å². The second-order valence-corrected chi connectivity index (χ2v) is 4.87. The molecule has 0 spiro atoms. The molecule has 0 saturated heterocycles. The maximum Gasteiger partial charge on any atom is 0.0600 e. The van der Waals surface area contributed by atoms with Crippen molar-refractivity contribution in [1.29, 1.82) is 0 Å². The van der Waals surface area contributed by atoms with Gasteiger partial charge in [0.1, 0.15) is 0 Å². The fraction of sp³-hybridized carbons (Fsp3) is 1.00. The van der Waals surface area contributed by atoms with Crippen LogP contribution in [0.25, 0.3) is 0 Å². The van der Waals surface area contributed by atoms with Gasteiger partial charge in [0.15, 0.2) is 0 Å². The zero-order valence-corrected chi connectivity index (χ0v) is 10.2. The first-order chi connectivity index (χ1) is 7.34. The van der Waals surface area contributed by atoms with Crippen LogP contribution in [0.5, 0.6) is 0 Å². The number of nitrogens with two attached hydrogens (primary N) is 1. The Morgan fingerprint density at radius 2 is 1.80 bits per heavy atom. The molecule has 15 heavy (non-hydrogen) atoms. The van der Waals surface area contributed by atoms with Gasteiger partial charge < -0.3 is 10.5 Å². The first-order valence-corrected chi connectivity index (χ1v) is 6.66. The van der Waals surface area contributed by atoms with Gasteiger partial charge in [0.25, 0.3) is 0 Å². The van der Waals surface area contributed by atoms with Gasteiger partial charge in [-0.2, -0.15) is 0 Å². The van der Waals surface area contributed by atoms with Gasteiger partial charge in [-0.15, -0.1) is 0 Å². The summed E-state index contributed by atoms with van der Waals surface area (Å²) in [6.07, 6.45) is 10.9. The van der Waals surface area contributed by atoms with Crippen molar-refractivity contribution in [3.05, 3.63) is 0 Å². The van der Waals surface area contributed by atoms with Crippen LogP contribution < -0.4 is 5.73 Å². The maximum atomic E-state index is 5.94. The third-order valence-corrected chi connectivity index (χ3v) is 3.46. The highest BCUT2D eigenvalue weighted by molar-refractivity contribution is 4.72. The van der Waals surface area contributed by atoms with Gasteiger partial charge in [-0.25, -0.2) is 0 Å². The van der Waals surface area contributed by atoms with Crippen LogP contribution in [-0.4, -0.2) is 19.3 Å². The van der Waals surface area contributed by atoms with E-state index >= 15 is 0 Å². The van der Waals surface area contributed by atoms with Crippen LogP contribution in [-0.2, 0) is 4.74 Å². The Morgan fingerprint density at radius 3 is 2.53 bits per heavy atom. The molecule has 1 fully saturated rings. The van der Waals surface area contributed by atoms with E-state index in [4.69, 9.17) is 10.5 Å². The van der Waals surface area contributed by atoms with E-state index in [9.17, 15) is 0 Å². The Labute approximate surface area is 94.6 Å². The fourth-order valence-electron chi connectivity index (χ4n) is 2.36. The highest BCUT2D eigenvalue weighted by Gasteiger charge is 2.21. The van der Waals surface area contributed by atoms with Crippen LogP contribution in [0.4, 0.5) is 0 Å². The van der Waals surface area contributed by atoms with Gasteiger partial charge in [0.2, 0.25) is 0 Å². The molecule has 0 radical (unpaired) electrons. The average Bonchev–Trinajstić information content (AvgIpc) is 2.25. The van der Waals surface area contributed by atoms with Crippen LogP contribution in [0.3, 0.4) is 0 Å². The minimum atomic E-state index is 0.549. The summed E-state index contributed by atoms with van der Waals surface area (Å²) in [6, 6.07) is 0. The number of hydrogen-bond acceptors (Lipinski definition) is 2. The Kier molecular flexibility index (Phi) is 7.03. The van der Waals surface area contributed by atoms with Gasteiger partial charge in [-0.3, -0.25) is 0 Å². The summed E-state index contributed by atoms with van der Waals surface area (Å²) in [5.41, 5.74) is 5.45. The smallest absolute Gasteiger partial charge is 0.0600 e. The number of hydrogen-bond donors (Lipinski definition) is 1. The molecule has 0 bridgehead atoms. The third kappa shape index (κ3) is 5.53. The maximum absolute atomic E-state index is 5.94. The lowest BCUT2D eigenvalue weighted by Crippen LogP contribution is -2.25. The molecule has 0 aromatic heterocycles. The van der Waals surface area contributed by atoms with E-state index in [0.717, 1.165) is 19.1 Å². The SMILES string of the molecule is CC1CCCCC1OCCCCCCN. The second-order valence-electron chi connectivity index (χ2n) is 4.87. The summed E-state index contributed by atoms with van der Waals surface area (Å²) in [7, 11) is 0. The van der Waals surface area contributed by atoms with E-state index < -0.39 is 0 Å². The minimum absolute atomic E-state index is 0.549. The topological polar surface area (TPSA) is 35.2 Å². The molecule has 0 heterocycles. The molecule has 0 amide bonds. The Bertz CT molecular complexity index is 149. The van der Waals surface area contributed by atoms with Crippen LogP contribution in [0, 0.1) is 5.92 Å². The summed E-state index contributed by atoms with van der Waals surface area (Å²) in [4.78, 5) is 0. The summed E-state index contributed by atoms with van der Waals surface area (Å²) in [6.45, 7) is 4.12. The first kappa shape index (κ1) is 13.0. The normalized spacial score (nSPS) is 26.8. The van der Waals surface area contributed by atoms with Crippen molar-refractivity contribution < 1.29 is 4.74 Å². The molecule has 1 rings (SSSR count). The molecule has 1 aliphatic rings.